The van der Waals surface area contributed by atoms with Crippen LogP contribution in [0.25, 0.3) is 0 Å². The van der Waals surface area contributed by atoms with Crippen LogP contribution in [-0.4, -0.2) is 24.9 Å². The molecule has 1 heterocycles. The van der Waals surface area contributed by atoms with E-state index in [1.807, 2.05) is 0 Å². The third kappa shape index (κ3) is 1.94. The average molecular weight is 183 g/mol. The number of ketones is 1. The van der Waals surface area contributed by atoms with Gasteiger partial charge in [0.1, 0.15) is 0 Å². The number of furan rings is 1. The fraction of sp³-hybridized carbons (Fsp3) is 0.250. The maximum absolute atomic E-state index is 11.3. The number of esters is 1. The number of ether oxygens (including phenoxy) is 1. The monoisotopic (exact) mass is 183 g/mol. The van der Waals surface area contributed by atoms with Crippen LogP contribution in [0.4, 0.5) is 0 Å². The summed E-state index contributed by atoms with van der Waals surface area (Å²) in [5.74, 6) is -1.31. The lowest BCUT2D eigenvalue weighted by Crippen LogP contribution is -2.39. The Bertz CT molecular complexity index is 304. The molecule has 0 saturated carbocycles. The Balaban J connectivity index is 2.74. The standard InChI is InChI=1S/C8H9NO4/c1-12-8(11)6(9)7(10)5-3-2-4-13-5/h2-4,6H,9H2,1H3/t6-/m1/s1. The van der Waals surface area contributed by atoms with E-state index in [0.29, 0.717) is 0 Å². The maximum atomic E-state index is 11.3. The van der Waals surface area contributed by atoms with Crippen molar-refractivity contribution in [3.05, 3.63) is 24.2 Å². The van der Waals surface area contributed by atoms with Crippen LogP contribution in [0.15, 0.2) is 22.8 Å². The number of carbonyl (C=O) groups is 2. The number of carbonyl (C=O) groups excluding carboxylic acids is 2. The van der Waals surface area contributed by atoms with E-state index >= 15 is 0 Å². The van der Waals surface area contributed by atoms with Gasteiger partial charge in [0, 0.05) is 0 Å². The minimum atomic E-state index is -1.31. The lowest BCUT2D eigenvalue weighted by molar-refractivity contribution is -0.140. The van der Waals surface area contributed by atoms with E-state index in [1.54, 1.807) is 0 Å². The molecule has 0 fully saturated rings. The van der Waals surface area contributed by atoms with Crippen LogP contribution in [0.5, 0.6) is 0 Å². The second kappa shape index (κ2) is 3.86. The van der Waals surface area contributed by atoms with Crippen molar-refractivity contribution >= 4 is 11.8 Å². The summed E-state index contributed by atoms with van der Waals surface area (Å²) >= 11 is 0. The fourth-order valence-corrected chi connectivity index (χ4v) is 0.806. The Morgan fingerprint density at radius 2 is 2.31 bits per heavy atom. The largest absolute Gasteiger partial charge is 0.468 e. The number of rotatable bonds is 3. The third-order valence-electron chi connectivity index (χ3n) is 1.50. The number of Topliss-reactive ketones (excluding diaryl/α,β-unsaturated/α-hetero) is 1. The minimum absolute atomic E-state index is 0.0536. The highest BCUT2D eigenvalue weighted by Gasteiger charge is 2.25. The molecule has 0 aliphatic heterocycles. The number of methoxy groups -OCH3 is 1. The molecule has 1 aromatic rings. The smallest absolute Gasteiger partial charge is 0.330 e. The molecule has 1 aromatic heterocycles. The van der Waals surface area contributed by atoms with E-state index in [4.69, 9.17) is 10.2 Å². The molecule has 0 saturated heterocycles. The quantitative estimate of drug-likeness (QED) is 0.404. The molecule has 5 nitrogen and oxygen atoms in total. The predicted molar refractivity (Wildman–Crippen MR) is 43.0 cm³/mol. The van der Waals surface area contributed by atoms with Crippen LogP contribution >= 0.6 is 0 Å². The van der Waals surface area contributed by atoms with Gasteiger partial charge < -0.3 is 14.9 Å². The zero-order valence-corrected chi connectivity index (χ0v) is 7.02. The van der Waals surface area contributed by atoms with Crippen LogP contribution in [0, 0.1) is 0 Å². The average Bonchev–Trinajstić information content (AvgIpc) is 2.67. The van der Waals surface area contributed by atoms with E-state index < -0.39 is 17.8 Å². The zero-order valence-electron chi connectivity index (χ0n) is 7.02. The molecule has 0 aromatic carbocycles. The van der Waals surface area contributed by atoms with Gasteiger partial charge in [-0.15, -0.1) is 0 Å². The lowest BCUT2D eigenvalue weighted by atomic mass is 10.1. The molecule has 2 N–H and O–H groups in total. The summed E-state index contributed by atoms with van der Waals surface area (Å²) in [5, 5.41) is 0. The number of nitrogens with two attached hydrogens (primary N) is 1. The van der Waals surface area contributed by atoms with Crippen molar-refractivity contribution in [3.63, 3.8) is 0 Å². The molecular weight excluding hydrogens is 174 g/mol. The van der Waals surface area contributed by atoms with E-state index in [1.165, 1.54) is 18.4 Å². The molecule has 0 aliphatic rings. The SMILES string of the molecule is COC(=O)[C@H](N)C(=O)c1ccco1. The van der Waals surface area contributed by atoms with E-state index in [-0.39, 0.29) is 5.76 Å². The summed E-state index contributed by atoms with van der Waals surface area (Å²) in [6.07, 6.45) is 1.33. The molecule has 0 amide bonds. The Morgan fingerprint density at radius 1 is 1.62 bits per heavy atom. The molecule has 0 aliphatic carbocycles. The van der Waals surface area contributed by atoms with Crippen molar-refractivity contribution in [1.29, 1.82) is 0 Å². The fourth-order valence-electron chi connectivity index (χ4n) is 0.806. The highest BCUT2D eigenvalue weighted by molar-refractivity contribution is 6.10. The van der Waals surface area contributed by atoms with Gasteiger partial charge in [-0.25, -0.2) is 4.79 Å². The van der Waals surface area contributed by atoms with Gasteiger partial charge in [0.15, 0.2) is 11.8 Å². The Labute approximate surface area is 74.5 Å². The van der Waals surface area contributed by atoms with Gasteiger partial charge in [0.2, 0.25) is 5.78 Å². The Morgan fingerprint density at radius 3 is 2.77 bits per heavy atom. The van der Waals surface area contributed by atoms with Crippen molar-refractivity contribution in [2.24, 2.45) is 5.73 Å². The molecule has 0 bridgehead atoms. The van der Waals surface area contributed by atoms with E-state index in [0.717, 1.165) is 7.11 Å². The molecule has 1 atom stereocenters. The van der Waals surface area contributed by atoms with Crippen LogP contribution < -0.4 is 5.73 Å². The van der Waals surface area contributed by atoms with Crippen molar-refractivity contribution < 1.29 is 18.7 Å². The molecular formula is C8H9NO4. The van der Waals surface area contributed by atoms with E-state index in [9.17, 15) is 9.59 Å². The van der Waals surface area contributed by atoms with Gasteiger partial charge >= 0.3 is 5.97 Å². The first kappa shape index (κ1) is 9.47. The van der Waals surface area contributed by atoms with E-state index in [2.05, 4.69) is 4.74 Å². The van der Waals surface area contributed by atoms with Crippen LogP contribution in [0.1, 0.15) is 10.6 Å². The van der Waals surface area contributed by atoms with Gasteiger partial charge in [0.05, 0.1) is 13.4 Å². The minimum Gasteiger partial charge on any atom is -0.468 e. The maximum Gasteiger partial charge on any atom is 0.330 e. The van der Waals surface area contributed by atoms with Gasteiger partial charge in [-0.3, -0.25) is 4.79 Å². The second-order valence-electron chi connectivity index (χ2n) is 2.34. The van der Waals surface area contributed by atoms with Crippen LogP contribution in [0.2, 0.25) is 0 Å². The molecule has 5 heteroatoms. The lowest BCUT2D eigenvalue weighted by Gasteiger charge is -2.04. The summed E-state index contributed by atoms with van der Waals surface area (Å²) in [7, 11) is 1.16. The van der Waals surface area contributed by atoms with Crippen molar-refractivity contribution in [2.45, 2.75) is 6.04 Å². The highest BCUT2D eigenvalue weighted by Crippen LogP contribution is 2.03. The Kier molecular flexibility index (Phi) is 2.81. The number of hydrogen-bond donors (Lipinski definition) is 1. The summed E-state index contributed by atoms with van der Waals surface area (Å²) in [5.41, 5.74) is 5.28. The summed E-state index contributed by atoms with van der Waals surface area (Å²) in [4.78, 5) is 22.1. The topological polar surface area (TPSA) is 82.5 Å². The molecule has 0 unspecified atom stereocenters. The normalized spacial score (nSPS) is 12.2. The van der Waals surface area contributed by atoms with Gasteiger partial charge in [0.25, 0.3) is 0 Å². The first-order chi connectivity index (χ1) is 6.16. The molecule has 13 heavy (non-hydrogen) atoms. The summed E-state index contributed by atoms with van der Waals surface area (Å²) < 4.78 is 9.08. The summed E-state index contributed by atoms with van der Waals surface area (Å²) in [6.45, 7) is 0. The van der Waals surface area contributed by atoms with Crippen LogP contribution in [-0.2, 0) is 9.53 Å². The third-order valence-corrected chi connectivity index (χ3v) is 1.50. The predicted octanol–water partition coefficient (Wildman–Crippen LogP) is -0.0374. The highest BCUT2D eigenvalue weighted by atomic mass is 16.5. The van der Waals surface area contributed by atoms with Crippen molar-refractivity contribution in [1.82, 2.24) is 0 Å². The Hall–Kier alpha value is -1.62. The molecule has 1 rings (SSSR count). The van der Waals surface area contributed by atoms with Crippen molar-refractivity contribution in [3.8, 4) is 0 Å². The number of hydrogen-bond acceptors (Lipinski definition) is 5. The summed E-state index contributed by atoms with van der Waals surface area (Å²) in [6, 6.07) is 1.67. The van der Waals surface area contributed by atoms with Crippen LogP contribution in [0.3, 0.4) is 0 Å². The van der Waals surface area contributed by atoms with Gasteiger partial charge in [-0.05, 0) is 12.1 Å². The zero-order chi connectivity index (χ0) is 9.84. The van der Waals surface area contributed by atoms with Crippen molar-refractivity contribution in [2.75, 3.05) is 7.11 Å². The molecule has 0 radical (unpaired) electrons. The first-order valence-corrected chi connectivity index (χ1v) is 3.58. The second-order valence-corrected chi connectivity index (χ2v) is 2.34. The first-order valence-electron chi connectivity index (χ1n) is 3.58. The molecule has 70 valence electrons. The van der Waals surface area contributed by atoms with Gasteiger partial charge in [-0.2, -0.15) is 0 Å². The molecule has 0 spiro atoms. The van der Waals surface area contributed by atoms with Gasteiger partial charge in [-0.1, -0.05) is 0 Å².